The Labute approximate surface area is 350 Å². The Morgan fingerprint density at radius 1 is 0.393 bits per heavy atom. The maximum atomic E-state index is 6.17. The molecule has 56 heavy (non-hydrogen) atoms. The molecule has 5 aliphatic rings. The predicted molar refractivity (Wildman–Crippen MR) is 239 cm³/mol. The molecule has 0 N–H and O–H groups in total. The maximum Gasteiger partial charge on any atom is 0.494 e. The summed E-state index contributed by atoms with van der Waals surface area (Å²) in [6.45, 7) is 24.6. The van der Waals surface area contributed by atoms with E-state index >= 15 is 0 Å². The van der Waals surface area contributed by atoms with E-state index in [4.69, 9.17) is 27.9 Å². The SMILES string of the molecule is CC1(C)OB(B2OC(C)(C)C(C)(C)O2)OC1(C)C.CC1(C)OB(c2cccc(-c3ccc4c(c3)CC4)c2)OC1(C)C.Ic1cccc(-c2ccc3c(c2)CC3)c1. The van der Waals surface area contributed by atoms with Crippen LogP contribution in [0.5, 0.6) is 0 Å². The molecule has 0 amide bonds. The molecule has 3 aliphatic heterocycles. The van der Waals surface area contributed by atoms with Gasteiger partial charge in [0.05, 0.1) is 33.6 Å². The summed E-state index contributed by atoms with van der Waals surface area (Å²) < 4.78 is 37.5. The Bertz CT molecular complexity index is 2010. The molecular weight excluding hydrogens is 808 g/mol. The van der Waals surface area contributed by atoms with Gasteiger partial charge < -0.3 is 27.9 Å². The van der Waals surface area contributed by atoms with E-state index in [-0.39, 0.29) is 40.7 Å². The Hall–Kier alpha value is -2.44. The van der Waals surface area contributed by atoms with Crippen LogP contribution in [0.3, 0.4) is 0 Å². The molecule has 3 heterocycles. The van der Waals surface area contributed by atoms with Gasteiger partial charge in [-0.2, -0.15) is 0 Å². The molecule has 10 heteroatoms. The van der Waals surface area contributed by atoms with Gasteiger partial charge in [-0.25, -0.2) is 0 Å². The van der Waals surface area contributed by atoms with Crippen molar-refractivity contribution >= 4 is 49.2 Å². The van der Waals surface area contributed by atoms with Crippen molar-refractivity contribution in [3.8, 4) is 22.3 Å². The number of hydrogen-bond acceptors (Lipinski definition) is 6. The molecule has 0 spiro atoms. The highest BCUT2D eigenvalue weighted by molar-refractivity contribution is 14.1. The van der Waals surface area contributed by atoms with E-state index in [0.29, 0.717) is 0 Å². The van der Waals surface area contributed by atoms with E-state index in [9.17, 15) is 0 Å². The lowest BCUT2D eigenvalue weighted by atomic mass is 9.49. The molecule has 4 aromatic carbocycles. The number of halogens is 1. The fourth-order valence-electron chi connectivity index (χ4n) is 7.26. The minimum Gasteiger partial charge on any atom is -0.405 e. The Balaban J connectivity index is 0.000000132. The monoisotopic (exact) mass is 866 g/mol. The van der Waals surface area contributed by atoms with E-state index in [0.717, 1.165) is 5.46 Å². The second kappa shape index (κ2) is 15.0. The van der Waals surface area contributed by atoms with E-state index in [1.807, 2.05) is 55.4 Å². The molecule has 2 aliphatic carbocycles. The second-order valence-electron chi connectivity index (χ2n) is 18.9. The van der Waals surface area contributed by atoms with E-state index in [2.05, 4.69) is 135 Å². The van der Waals surface area contributed by atoms with Gasteiger partial charge in [-0.3, -0.25) is 0 Å². The first kappa shape index (κ1) is 41.7. The molecule has 9 rings (SSSR count). The maximum absolute atomic E-state index is 6.17. The van der Waals surface area contributed by atoms with Gasteiger partial charge in [-0.15, -0.1) is 0 Å². The molecule has 3 saturated heterocycles. The summed E-state index contributed by atoms with van der Waals surface area (Å²) in [5, 5.41) is 0. The average Bonchev–Trinajstić information content (AvgIpc) is 3.56. The lowest BCUT2D eigenvalue weighted by molar-refractivity contribution is 0.00578. The summed E-state index contributed by atoms with van der Waals surface area (Å²) in [6, 6.07) is 30.9. The molecule has 4 aromatic rings. The van der Waals surface area contributed by atoms with Crippen LogP contribution in [0.15, 0.2) is 84.9 Å². The lowest BCUT2D eigenvalue weighted by Crippen LogP contribution is -2.41. The molecule has 0 unspecified atom stereocenters. The highest BCUT2D eigenvalue weighted by Crippen LogP contribution is 2.43. The Morgan fingerprint density at radius 2 is 0.750 bits per heavy atom. The van der Waals surface area contributed by atoms with Crippen molar-refractivity contribution in [1.29, 1.82) is 0 Å². The third-order valence-corrected chi connectivity index (χ3v) is 14.1. The van der Waals surface area contributed by atoms with Crippen molar-refractivity contribution in [2.45, 2.75) is 142 Å². The van der Waals surface area contributed by atoms with Crippen molar-refractivity contribution in [2.75, 3.05) is 0 Å². The molecule has 0 saturated carbocycles. The van der Waals surface area contributed by atoms with E-state index in [1.165, 1.54) is 73.8 Å². The second-order valence-corrected chi connectivity index (χ2v) is 20.2. The summed E-state index contributed by atoms with van der Waals surface area (Å²) in [5.41, 5.74) is 10.3. The van der Waals surface area contributed by atoms with E-state index < -0.39 is 14.0 Å². The predicted octanol–water partition coefficient (Wildman–Crippen LogP) is 10.1. The van der Waals surface area contributed by atoms with Crippen LogP contribution >= 0.6 is 22.6 Å². The number of aryl methyl sites for hydroxylation is 4. The molecule has 0 aromatic heterocycles. The van der Waals surface area contributed by atoms with Crippen LogP contribution in [0.1, 0.15) is 105 Å². The average molecular weight is 866 g/mol. The molecule has 6 nitrogen and oxygen atoms in total. The minimum absolute atomic E-state index is 0.299. The minimum atomic E-state index is -0.476. The van der Waals surface area contributed by atoms with Gasteiger partial charge in [-0.05, 0) is 193 Å². The summed E-state index contributed by atoms with van der Waals surface area (Å²) >= 11 is 2.36. The fraction of sp³-hybridized carbons (Fsp3) is 0.478. The van der Waals surface area contributed by atoms with Gasteiger partial charge in [0, 0.05) is 3.57 Å². The quantitative estimate of drug-likeness (QED) is 0.151. The third kappa shape index (κ3) is 8.23. The highest BCUT2D eigenvalue weighted by atomic mass is 127. The van der Waals surface area contributed by atoms with Crippen LogP contribution < -0.4 is 5.46 Å². The number of rotatable bonds is 4. The first-order valence-corrected chi connectivity index (χ1v) is 21.3. The van der Waals surface area contributed by atoms with Crippen molar-refractivity contribution in [3.05, 3.63) is 111 Å². The van der Waals surface area contributed by atoms with Crippen LogP contribution in [0, 0.1) is 3.57 Å². The molecule has 3 fully saturated rings. The standard InChI is InChI=1S/C20H23BO2.C14H11I.C12H24B2O4/c1-19(2)20(3,4)23-21(22-19)18-7-5-6-15(13-18)17-11-9-14-8-10-16(14)12-17;15-14-3-1-2-11(9-14)13-7-5-10-4-6-12(10)8-13;1-9(2)10(3,4)16-13(15-9)14-17-11(5,6)12(7,8)18-14/h5-7,9,11-13H,8,10H2,1-4H3;1-3,5,7-9H,4,6H2;1-8H3. The van der Waals surface area contributed by atoms with Crippen LogP contribution in [-0.4, -0.2) is 54.7 Å². The van der Waals surface area contributed by atoms with Crippen molar-refractivity contribution in [3.63, 3.8) is 0 Å². The Kier molecular flexibility index (Phi) is 11.2. The first-order valence-electron chi connectivity index (χ1n) is 20.2. The molecule has 294 valence electrons. The molecular formula is C46H58B3IO6. The summed E-state index contributed by atoms with van der Waals surface area (Å²) in [7, 11) is -1.25. The third-order valence-electron chi connectivity index (χ3n) is 13.4. The van der Waals surface area contributed by atoms with Crippen LogP contribution in [0.2, 0.25) is 0 Å². The zero-order chi connectivity index (χ0) is 40.5. The van der Waals surface area contributed by atoms with Gasteiger partial charge in [0.2, 0.25) is 0 Å². The van der Waals surface area contributed by atoms with Crippen LogP contribution in [0.4, 0.5) is 0 Å². The number of benzene rings is 4. The van der Waals surface area contributed by atoms with Gasteiger partial charge >= 0.3 is 21.1 Å². The van der Waals surface area contributed by atoms with Gasteiger partial charge in [0.25, 0.3) is 0 Å². The largest absolute Gasteiger partial charge is 0.494 e. The van der Waals surface area contributed by atoms with Gasteiger partial charge in [0.1, 0.15) is 0 Å². The normalized spacial score (nSPS) is 22.4. The summed E-state index contributed by atoms with van der Waals surface area (Å²) in [6.07, 6.45) is 4.96. The first-order chi connectivity index (χ1) is 26.1. The molecule has 0 atom stereocenters. The van der Waals surface area contributed by atoms with E-state index in [1.54, 1.807) is 0 Å². The van der Waals surface area contributed by atoms with Crippen molar-refractivity contribution in [2.24, 2.45) is 0 Å². The topological polar surface area (TPSA) is 55.4 Å². The summed E-state index contributed by atoms with van der Waals surface area (Å²) in [4.78, 5) is 0. The zero-order valence-corrected chi connectivity index (χ0v) is 37.6. The highest BCUT2D eigenvalue weighted by Gasteiger charge is 2.63. The van der Waals surface area contributed by atoms with Crippen molar-refractivity contribution < 1.29 is 27.9 Å². The van der Waals surface area contributed by atoms with Crippen LogP contribution in [0.25, 0.3) is 22.3 Å². The van der Waals surface area contributed by atoms with Gasteiger partial charge in [-0.1, -0.05) is 72.8 Å². The summed E-state index contributed by atoms with van der Waals surface area (Å²) in [5.74, 6) is 0. The Morgan fingerprint density at radius 3 is 1.12 bits per heavy atom. The van der Waals surface area contributed by atoms with Crippen molar-refractivity contribution in [1.82, 2.24) is 0 Å². The number of hydrogen-bond donors (Lipinski definition) is 0. The number of fused-ring (bicyclic) bond motifs is 2. The van der Waals surface area contributed by atoms with Crippen LogP contribution in [-0.2, 0) is 53.6 Å². The fourth-order valence-corrected chi connectivity index (χ4v) is 7.80. The van der Waals surface area contributed by atoms with Gasteiger partial charge in [0.15, 0.2) is 0 Å². The molecule has 0 radical (unpaired) electrons. The smallest absolute Gasteiger partial charge is 0.405 e. The zero-order valence-electron chi connectivity index (χ0n) is 35.5. The molecule has 0 bridgehead atoms. The lowest BCUT2D eigenvalue weighted by Gasteiger charge is -2.32.